The van der Waals surface area contributed by atoms with E-state index >= 15 is 0 Å². The zero-order valence-corrected chi connectivity index (χ0v) is 13.8. The van der Waals surface area contributed by atoms with Crippen LogP contribution >= 0.6 is 0 Å². The number of nitrogens with zero attached hydrogens (tertiary/aromatic N) is 3. The van der Waals surface area contributed by atoms with Gasteiger partial charge in [-0.25, -0.2) is 4.52 Å². The van der Waals surface area contributed by atoms with E-state index in [4.69, 9.17) is 10.5 Å². The second-order valence-electron chi connectivity index (χ2n) is 6.92. The molecule has 0 aromatic carbocycles. The smallest absolute Gasteiger partial charge is 0.425 e. The van der Waals surface area contributed by atoms with Crippen LogP contribution < -0.4 is 15.8 Å². The van der Waals surface area contributed by atoms with Crippen LogP contribution in [0.3, 0.4) is 0 Å². The van der Waals surface area contributed by atoms with Crippen LogP contribution in [0.4, 0.5) is 19.1 Å². The average molecular weight is 355 g/mol. The third kappa shape index (κ3) is 2.80. The first-order valence-electron chi connectivity index (χ1n) is 8.43. The standard InChI is InChI=1S/C16H20F3N5O/c1-8(16(17,18)19)25-13-11(4-5-24-14(13)22-15(20)23-24)12-9-2-3-10(12)7-21-6-9/h4-5,8-10,12,21H,2-3,6-7H2,1H3,(H2,20,23). The van der Waals surface area contributed by atoms with Gasteiger partial charge in [0.2, 0.25) is 5.95 Å². The summed E-state index contributed by atoms with van der Waals surface area (Å²) in [6.07, 6.45) is -2.56. The molecule has 25 heavy (non-hydrogen) atoms. The Morgan fingerprint density at radius 3 is 2.64 bits per heavy atom. The van der Waals surface area contributed by atoms with Crippen molar-refractivity contribution >= 4 is 11.6 Å². The van der Waals surface area contributed by atoms with E-state index in [2.05, 4.69) is 15.4 Å². The molecule has 6 nitrogen and oxygen atoms in total. The molecular formula is C16H20F3N5O. The summed E-state index contributed by atoms with van der Waals surface area (Å²) in [7, 11) is 0. The fourth-order valence-electron chi connectivity index (χ4n) is 4.17. The van der Waals surface area contributed by atoms with Gasteiger partial charge >= 0.3 is 6.18 Å². The Labute approximate surface area is 142 Å². The normalized spacial score (nSPS) is 27.6. The van der Waals surface area contributed by atoms with Crippen LogP contribution in [-0.2, 0) is 0 Å². The summed E-state index contributed by atoms with van der Waals surface area (Å²) in [6.45, 7) is 2.74. The van der Waals surface area contributed by atoms with E-state index in [1.165, 1.54) is 4.52 Å². The molecule has 2 aromatic heterocycles. The number of nitrogens with one attached hydrogen (secondary N) is 1. The second-order valence-corrected chi connectivity index (χ2v) is 6.92. The number of fused-ring (bicyclic) bond motifs is 3. The number of hydrogen-bond donors (Lipinski definition) is 2. The first kappa shape index (κ1) is 16.4. The number of rotatable bonds is 3. The number of nitrogen functional groups attached to an aromatic ring is 1. The Balaban J connectivity index is 1.82. The van der Waals surface area contributed by atoms with E-state index in [9.17, 15) is 13.2 Å². The van der Waals surface area contributed by atoms with Crippen molar-refractivity contribution < 1.29 is 17.9 Å². The Bertz CT molecular complexity index is 774. The number of hydrogen-bond acceptors (Lipinski definition) is 5. The van der Waals surface area contributed by atoms with Gasteiger partial charge in [-0.05, 0) is 56.7 Å². The molecule has 3 unspecified atom stereocenters. The van der Waals surface area contributed by atoms with Crippen LogP contribution in [0.15, 0.2) is 12.3 Å². The molecule has 2 fully saturated rings. The van der Waals surface area contributed by atoms with Gasteiger partial charge < -0.3 is 15.8 Å². The second kappa shape index (κ2) is 5.76. The largest absolute Gasteiger partial charge is 0.477 e. The van der Waals surface area contributed by atoms with Gasteiger partial charge in [0.05, 0.1) is 0 Å². The predicted molar refractivity (Wildman–Crippen MR) is 85.4 cm³/mol. The van der Waals surface area contributed by atoms with Gasteiger partial charge in [-0.15, -0.1) is 5.10 Å². The van der Waals surface area contributed by atoms with E-state index < -0.39 is 12.3 Å². The fourth-order valence-corrected chi connectivity index (χ4v) is 4.17. The van der Waals surface area contributed by atoms with Crippen molar-refractivity contribution in [3.63, 3.8) is 0 Å². The van der Waals surface area contributed by atoms with Crippen LogP contribution in [-0.4, -0.2) is 40.0 Å². The molecule has 3 heterocycles. The highest BCUT2D eigenvalue weighted by atomic mass is 19.4. The number of alkyl halides is 3. The van der Waals surface area contributed by atoms with E-state index in [-0.39, 0.29) is 23.3 Å². The number of nitrogens with two attached hydrogens (primary N) is 1. The summed E-state index contributed by atoms with van der Waals surface area (Å²) in [4.78, 5) is 4.10. The maximum atomic E-state index is 13.1. The van der Waals surface area contributed by atoms with Crippen molar-refractivity contribution in [1.29, 1.82) is 0 Å². The zero-order valence-electron chi connectivity index (χ0n) is 13.8. The number of halogens is 3. The molecule has 1 aliphatic carbocycles. The lowest BCUT2D eigenvalue weighted by Gasteiger charge is -2.32. The maximum absolute atomic E-state index is 13.1. The molecule has 1 saturated heterocycles. The van der Waals surface area contributed by atoms with E-state index in [1.807, 2.05) is 0 Å². The highest BCUT2D eigenvalue weighted by molar-refractivity contribution is 5.60. The first-order valence-corrected chi connectivity index (χ1v) is 8.43. The average Bonchev–Trinajstić information content (AvgIpc) is 3.02. The number of aromatic nitrogens is 3. The fraction of sp³-hybridized carbons (Fsp3) is 0.625. The molecule has 9 heteroatoms. The third-order valence-electron chi connectivity index (χ3n) is 5.36. The van der Waals surface area contributed by atoms with Crippen molar-refractivity contribution in [1.82, 2.24) is 19.9 Å². The first-order chi connectivity index (χ1) is 11.8. The van der Waals surface area contributed by atoms with Gasteiger partial charge in [0.1, 0.15) is 0 Å². The summed E-state index contributed by atoms with van der Waals surface area (Å²) in [5.41, 5.74) is 6.66. The molecule has 1 aliphatic heterocycles. The summed E-state index contributed by atoms with van der Waals surface area (Å²) < 4.78 is 46.0. The highest BCUT2D eigenvalue weighted by Crippen LogP contribution is 2.49. The Hall–Kier alpha value is -2.03. The maximum Gasteiger partial charge on any atom is 0.425 e. The molecule has 2 bridgehead atoms. The molecule has 2 aromatic rings. The van der Waals surface area contributed by atoms with Crippen LogP contribution in [0, 0.1) is 11.8 Å². The van der Waals surface area contributed by atoms with Gasteiger partial charge in [-0.1, -0.05) is 0 Å². The molecule has 136 valence electrons. The van der Waals surface area contributed by atoms with Crippen LogP contribution in [0.1, 0.15) is 31.2 Å². The molecule has 3 N–H and O–H groups in total. The minimum absolute atomic E-state index is 0.00921. The van der Waals surface area contributed by atoms with Crippen LogP contribution in [0.2, 0.25) is 0 Å². The van der Waals surface area contributed by atoms with Gasteiger partial charge in [0, 0.05) is 11.8 Å². The molecule has 1 saturated carbocycles. The Kier molecular flexibility index (Phi) is 3.78. The molecular weight excluding hydrogens is 335 g/mol. The number of anilines is 1. The monoisotopic (exact) mass is 355 g/mol. The summed E-state index contributed by atoms with van der Waals surface area (Å²) in [5.74, 6) is 1.12. The van der Waals surface area contributed by atoms with Crippen LogP contribution in [0.25, 0.3) is 5.65 Å². The van der Waals surface area contributed by atoms with Gasteiger partial charge in [0.15, 0.2) is 17.5 Å². The quantitative estimate of drug-likeness (QED) is 0.884. The minimum Gasteiger partial charge on any atom is -0.477 e. The molecule has 2 aliphatic rings. The lowest BCUT2D eigenvalue weighted by molar-refractivity contribution is -0.189. The van der Waals surface area contributed by atoms with Crippen LogP contribution in [0.5, 0.6) is 5.75 Å². The third-order valence-corrected chi connectivity index (χ3v) is 5.36. The molecule has 3 atom stereocenters. The Morgan fingerprint density at radius 2 is 2.00 bits per heavy atom. The van der Waals surface area contributed by atoms with Crippen molar-refractivity contribution in [3.8, 4) is 5.75 Å². The minimum atomic E-state index is -4.46. The number of ether oxygens (including phenoxy) is 1. The molecule has 4 rings (SSSR count). The van der Waals surface area contributed by atoms with Gasteiger partial charge in [0.25, 0.3) is 0 Å². The van der Waals surface area contributed by atoms with Crippen molar-refractivity contribution in [3.05, 3.63) is 17.8 Å². The lowest BCUT2D eigenvalue weighted by Crippen LogP contribution is -2.37. The highest BCUT2D eigenvalue weighted by Gasteiger charge is 2.43. The summed E-state index contributed by atoms with van der Waals surface area (Å²) in [5, 5.41) is 7.39. The lowest BCUT2D eigenvalue weighted by atomic mass is 9.80. The Morgan fingerprint density at radius 1 is 1.32 bits per heavy atom. The van der Waals surface area contributed by atoms with E-state index in [0.29, 0.717) is 11.8 Å². The zero-order chi connectivity index (χ0) is 17.8. The summed E-state index contributed by atoms with van der Waals surface area (Å²) in [6, 6.07) is 1.81. The van der Waals surface area contributed by atoms with Crippen molar-refractivity contribution in [2.45, 2.75) is 38.0 Å². The molecule has 0 radical (unpaired) electrons. The predicted octanol–water partition coefficient (Wildman–Crippen LogP) is 2.35. The topological polar surface area (TPSA) is 77.5 Å². The van der Waals surface area contributed by atoms with Crippen molar-refractivity contribution in [2.75, 3.05) is 18.8 Å². The molecule has 0 amide bonds. The SMILES string of the molecule is CC(Oc1c(C2C3CCC2CNC3)ccn2nc(N)nc12)C(F)(F)F. The molecule has 0 spiro atoms. The number of pyridine rings is 1. The van der Waals surface area contributed by atoms with Gasteiger partial charge in [-0.2, -0.15) is 18.2 Å². The van der Waals surface area contributed by atoms with Crippen molar-refractivity contribution in [2.24, 2.45) is 11.8 Å². The van der Waals surface area contributed by atoms with Gasteiger partial charge in [-0.3, -0.25) is 0 Å². The van der Waals surface area contributed by atoms with E-state index in [1.54, 1.807) is 12.3 Å². The van der Waals surface area contributed by atoms with E-state index in [0.717, 1.165) is 38.4 Å². The number of piperidine rings is 1. The summed E-state index contributed by atoms with van der Waals surface area (Å²) >= 11 is 0.